The van der Waals surface area contributed by atoms with E-state index in [0.717, 1.165) is 0 Å². The first-order chi connectivity index (χ1) is 10.0. The fourth-order valence-corrected chi connectivity index (χ4v) is 2.17. The summed E-state index contributed by atoms with van der Waals surface area (Å²) in [5.41, 5.74) is 0.740. The Morgan fingerprint density at radius 1 is 0.857 bits per heavy atom. The maximum Gasteiger partial charge on any atom is 0.407 e. The van der Waals surface area contributed by atoms with Crippen LogP contribution in [-0.4, -0.2) is 17.9 Å². The second kappa shape index (κ2) is 6.74. The van der Waals surface area contributed by atoms with Crippen molar-refractivity contribution in [3.8, 4) is 0 Å². The number of hydrogen-bond donors (Lipinski definition) is 2. The molecule has 0 saturated heterocycles. The summed E-state index contributed by atoms with van der Waals surface area (Å²) in [5, 5.41) is 11.9. The molecule has 0 unspecified atom stereocenters. The number of alkyl halides is 3. The lowest BCUT2D eigenvalue weighted by molar-refractivity contribution is -0.160. The third kappa shape index (κ3) is 4.06. The van der Waals surface area contributed by atoms with Gasteiger partial charge >= 0.3 is 6.18 Å². The molecule has 0 aliphatic rings. The van der Waals surface area contributed by atoms with Gasteiger partial charge in [-0.3, -0.25) is 5.32 Å². The summed E-state index contributed by atoms with van der Waals surface area (Å²) in [5.74, 6) is 0. The van der Waals surface area contributed by atoms with E-state index < -0.39 is 24.9 Å². The molecule has 0 bridgehead atoms. The molecule has 0 aliphatic heterocycles. The predicted molar refractivity (Wildman–Crippen MR) is 74.6 cm³/mol. The summed E-state index contributed by atoms with van der Waals surface area (Å²) in [7, 11) is 0. The van der Waals surface area contributed by atoms with Crippen LogP contribution in [0.25, 0.3) is 0 Å². The molecular formula is C16H16F3NO. The van der Waals surface area contributed by atoms with Gasteiger partial charge in [-0.05, 0) is 11.1 Å². The largest absolute Gasteiger partial charge is 0.407 e. The van der Waals surface area contributed by atoms with Crippen molar-refractivity contribution in [2.24, 2.45) is 0 Å². The van der Waals surface area contributed by atoms with Crippen molar-refractivity contribution >= 4 is 0 Å². The van der Waals surface area contributed by atoms with E-state index in [1.807, 2.05) is 0 Å². The van der Waals surface area contributed by atoms with Gasteiger partial charge in [0.15, 0.2) is 0 Å². The van der Waals surface area contributed by atoms with Crippen LogP contribution in [0.4, 0.5) is 13.2 Å². The van der Waals surface area contributed by atoms with Crippen LogP contribution in [0, 0.1) is 0 Å². The number of aliphatic hydroxyl groups is 1. The molecule has 2 aromatic rings. The molecule has 0 fully saturated rings. The van der Waals surface area contributed by atoms with Gasteiger partial charge < -0.3 is 5.11 Å². The fraction of sp³-hybridized carbons (Fsp3) is 0.250. The van der Waals surface area contributed by atoms with E-state index in [0.29, 0.717) is 5.56 Å². The van der Waals surface area contributed by atoms with Crippen LogP contribution in [0.5, 0.6) is 0 Å². The number of benzene rings is 2. The van der Waals surface area contributed by atoms with Crippen molar-refractivity contribution < 1.29 is 18.3 Å². The van der Waals surface area contributed by atoms with Crippen molar-refractivity contribution in [1.82, 2.24) is 5.32 Å². The summed E-state index contributed by atoms with van der Waals surface area (Å²) in [4.78, 5) is 0. The predicted octanol–water partition coefficient (Wildman–Crippen LogP) is 3.61. The smallest absolute Gasteiger partial charge is 0.394 e. The van der Waals surface area contributed by atoms with E-state index in [9.17, 15) is 18.3 Å². The van der Waals surface area contributed by atoms with Gasteiger partial charge in [-0.2, -0.15) is 13.2 Å². The van der Waals surface area contributed by atoms with Crippen molar-refractivity contribution in [2.75, 3.05) is 6.61 Å². The maximum atomic E-state index is 13.3. The molecule has 112 valence electrons. The summed E-state index contributed by atoms with van der Waals surface area (Å²) in [6.45, 7) is -0.413. The molecule has 0 spiro atoms. The number of aliphatic hydroxyl groups excluding tert-OH is 1. The molecule has 2 N–H and O–H groups in total. The Hall–Kier alpha value is -1.85. The molecule has 0 saturated carbocycles. The van der Waals surface area contributed by atoms with Crippen LogP contribution in [0.1, 0.15) is 23.2 Å². The van der Waals surface area contributed by atoms with E-state index >= 15 is 0 Å². The highest BCUT2D eigenvalue weighted by atomic mass is 19.4. The number of nitrogens with one attached hydrogen (secondary N) is 1. The van der Waals surface area contributed by atoms with Crippen LogP contribution in [0.15, 0.2) is 60.7 Å². The summed E-state index contributed by atoms with van der Waals surface area (Å²) < 4.78 is 39.8. The molecule has 2 nitrogen and oxygen atoms in total. The second-order valence-electron chi connectivity index (χ2n) is 4.70. The average Bonchev–Trinajstić information content (AvgIpc) is 2.49. The van der Waals surface area contributed by atoms with Gasteiger partial charge in [-0.25, -0.2) is 0 Å². The first kappa shape index (κ1) is 15.5. The van der Waals surface area contributed by atoms with Gasteiger partial charge in [0, 0.05) is 0 Å². The Bertz CT molecular complexity index is 542. The topological polar surface area (TPSA) is 32.3 Å². The Morgan fingerprint density at radius 3 is 1.76 bits per heavy atom. The second-order valence-corrected chi connectivity index (χ2v) is 4.70. The number of hydrogen-bond acceptors (Lipinski definition) is 2. The third-order valence-electron chi connectivity index (χ3n) is 3.21. The summed E-state index contributed by atoms with van der Waals surface area (Å²) in [6.07, 6.45) is -4.44. The average molecular weight is 295 g/mol. The Balaban J connectivity index is 2.26. The Labute approximate surface area is 121 Å². The van der Waals surface area contributed by atoms with E-state index in [4.69, 9.17) is 0 Å². The molecule has 2 atom stereocenters. The van der Waals surface area contributed by atoms with Gasteiger partial charge in [0.1, 0.15) is 6.04 Å². The highest BCUT2D eigenvalue weighted by Gasteiger charge is 2.41. The van der Waals surface area contributed by atoms with Gasteiger partial charge in [-0.15, -0.1) is 0 Å². The fourth-order valence-electron chi connectivity index (χ4n) is 2.17. The SMILES string of the molecule is OC[C@H](N[C@@H](c1ccccc1)C(F)(F)F)c1ccccc1. The summed E-state index contributed by atoms with van der Waals surface area (Å²) in [6, 6.07) is 13.6. The third-order valence-corrected chi connectivity index (χ3v) is 3.21. The Morgan fingerprint density at radius 2 is 1.33 bits per heavy atom. The zero-order valence-electron chi connectivity index (χ0n) is 11.2. The van der Waals surface area contributed by atoms with Crippen LogP contribution in [0.3, 0.4) is 0 Å². The molecule has 21 heavy (non-hydrogen) atoms. The number of rotatable bonds is 5. The lowest BCUT2D eigenvalue weighted by atomic mass is 10.0. The van der Waals surface area contributed by atoms with E-state index in [1.165, 1.54) is 12.1 Å². The molecule has 0 amide bonds. The zero-order chi connectivity index (χ0) is 15.3. The maximum absolute atomic E-state index is 13.3. The normalized spacial score (nSPS) is 14.7. The molecule has 0 aliphatic carbocycles. The number of halogens is 3. The zero-order valence-corrected chi connectivity index (χ0v) is 11.2. The van der Waals surface area contributed by atoms with Crippen LogP contribution >= 0.6 is 0 Å². The van der Waals surface area contributed by atoms with E-state index in [2.05, 4.69) is 5.32 Å². The molecule has 0 aromatic heterocycles. The van der Waals surface area contributed by atoms with Crippen molar-refractivity contribution in [3.05, 3.63) is 71.8 Å². The minimum Gasteiger partial charge on any atom is -0.394 e. The molecule has 5 heteroatoms. The lowest BCUT2D eigenvalue weighted by Gasteiger charge is -2.27. The lowest BCUT2D eigenvalue weighted by Crippen LogP contribution is -2.38. The van der Waals surface area contributed by atoms with E-state index in [1.54, 1.807) is 48.5 Å². The van der Waals surface area contributed by atoms with Crippen LogP contribution in [0.2, 0.25) is 0 Å². The summed E-state index contributed by atoms with van der Waals surface area (Å²) >= 11 is 0. The first-order valence-corrected chi connectivity index (χ1v) is 6.56. The van der Waals surface area contributed by atoms with Gasteiger partial charge in [0.2, 0.25) is 0 Å². The monoisotopic (exact) mass is 295 g/mol. The Kier molecular flexibility index (Phi) is 4.98. The molecule has 0 heterocycles. The highest BCUT2D eigenvalue weighted by molar-refractivity contribution is 5.23. The van der Waals surface area contributed by atoms with Crippen molar-refractivity contribution in [2.45, 2.75) is 18.3 Å². The highest BCUT2D eigenvalue weighted by Crippen LogP contribution is 2.34. The van der Waals surface area contributed by atoms with Crippen LogP contribution < -0.4 is 5.32 Å². The van der Waals surface area contributed by atoms with Gasteiger partial charge in [-0.1, -0.05) is 60.7 Å². The quantitative estimate of drug-likeness (QED) is 0.883. The van der Waals surface area contributed by atoms with Crippen molar-refractivity contribution in [3.63, 3.8) is 0 Å². The minimum atomic E-state index is -4.44. The molecule has 2 aromatic carbocycles. The minimum absolute atomic E-state index is 0.124. The standard InChI is InChI=1S/C16H16F3NO/c17-16(18,19)15(13-9-5-2-6-10-13)20-14(11-21)12-7-3-1-4-8-12/h1-10,14-15,20-21H,11H2/t14-,15-/m0/s1. The molecule has 0 radical (unpaired) electrons. The molecular weight excluding hydrogens is 279 g/mol. The van der Waals surface area contributed by atoms with Crippen LogP contribution in [-0.2, 0) is 0 Å². The van der Waals surface area contributed by atoms with Crippen molar-refractivity contribution in [1.29, 1.82) is 0 Å². The van der Waals surface area contributed by atoms with Gasteiger partial charge in [0.05, 0.1) is 12.6 Å². The molecule has 2 rings (SSSR count). The first-order valence-electron chi connectivity index (χ1n) is 6.56. The van der Waals surface area contributed by atoms with Gasteiger partial charge in [0.25, 0.3) is 0 Å². The van der Waals surface area contributed by atoms with E-state index in [-0.39, 0.29) is 5.56 Å².